The minimum absolute atomic E-state index is 0.0418. The average Bonchev–Trinajstić information content (AvgIpc) is 2.30. The second-order valence-corrected chi connectivity index (χ2v) is 3.65. The first kappa shape index (κ1) is 13.2. The predicted molar refractivity (Wildman–Crippen MR) is 66.5 cm³/mol. The molecular weight excluding hydrogens is 218 g/mol. The van der Waals surface area contributed by atoms with Gasteiger partial charge >= 0.3 is 0 Å². The molecule has 1 aromatic rings. The van der Waals surface area contributed by atoms with Gasteiger partial charge in [-0.1, -0.05) is 12.1 Å². The van der Waals surface area contributed by atoms with Crippen LogP contribution in [-0.2, 0) is 16.1 Å². The van der Waals surface area contributed by atoms with Crippen molar-refractivity contribution in [2.45, 2.75) is 13.5 Å². The number of carbonyl (C=O) groups is 2. The fourth-order valence-corrected chi connectivity index (χ4v) is 1.32. The standard InChI is InChI=1S/C12H17N3O2/c1-9(16)15-11-5-3-10(4-6-11)7-14-8-12(17)13-2/h3-6,14H,7-8H2,1-2H3,(H,13,17)(H,15,16). The first-order valence-electron chi connectivity index (χ1n) is 5.39. The Morgan fingerprint density at radius 2 is 1.82 bits per heavy atom. The van der Waals surface area contributed by atoms with Crippen molar-refractivity contribution in [1.82, 2.24) is 10.6 Å². The maximum atomic E-state index is 11.0. The smallest absolute Gasteiger partial charge is 0.233 e. The van der Waals surface area contributed by atoms with Gasteiger partial charge in [0.15, 0.2) is 0 Å². The monoisotopic (exact) mass is 235 g/mol. The summed E-state index contributed by atoms with van der Waals surface area (Å²) in [4.78, 5) is 21.8. The molecule has 0 saturated carbocycles. The minimum atomic E-state index is -0.0875. The van der Waals surface area contributed by atoms with E-state index in [9.17, 15) is 9.59 Å². The van der Waals surface area contributed by atoms with E-state index in [1.807, 2.05) is 24.3 Å². The summed E-state index contributed by atoms with van der Waals surface area (Å²) in [5.74, 6) is -0.129. The zero-order chi connectivity index (χ0) is 12.7. The van der Waals surface area contributed by atoms with Gasteiger partial charge in [-0.25, -0.2) is 0 Å². The van der Waals surface area contributed by atoms with Gasteiger partial charge in [-0.3, -0.25) is 9.59 Å². The van der Waals surface area contributed by atoms with Crippen molar-refractivity contribution in [3.05, 3.63) is 29.8 Å². The van der Waals surface area contributed by atoms with Crippen molar-refractivity contribution in [3.8, 4) is 0 Å². The van der Waals surface area contributed by atoms with Crippen molar-refractivity contribution < 1.29 is 9.59 Å². The van der Waals surface area contributed by atoms with Crippen LogP contribution >= 0.6 is 0 Å². The lowest BCUT2D eigenvalue weighted by atomic mass is 10.2. The summed E-state index contributed by atoms with van der Waals surface area (Å²) in [5, 5.41) is 8.24. The molecular formula is C12H17N3O2. The zero-order valence-electron chi connectivity index (χ0n) is 10.0. The number of anilines is 1. The zero-order valence-corrected chi connectivity index (χ0v) is 10.0. The topological polar surface area (TPSA) is 70.2 Å². The fraction of sp³-hybridized carbons (Fsp3) is 0.333. The van der Waals surface area contributed by atoms with Gasteiger partial charge in [-0.05, 0) is 17.7 Å². The third-order valence-electron chi connectivity index (χ3n) is 2.17. The molecule has 0 aliphatic rings. The molecule has 0 atom stereocenters. The Bertz CT molecular complexity index is 387. The lowest BCUT2D eigenvalue weighted by molar-refractivity contribution is -0.119. The maximum Gasteiger partial charge on any atom is 0.233 e. The molecule has 0 spiro atoms. The van der Waals surface area contributed by atoms with Gasteiger partial charge in [0.05, 0.1) is 6.54 Å². The number of likely N-dealkylation sites (N-methyl/N-ethyl adjacent to an activating group) is 1. The van der Waals surface area contributed by atoms with E-state index in [1.54, 1.807) is 7.05 Å². The van der Waals surface area contributed by atoms with Crippen molar-refractivity contribution in [1.29, 1.82) is 0 Å². The predicted octanol–water partition coefficient (Wildman–Crippen LogP) is 0.481. The van der Waals surface area contributed by atoms with Crippen LogP contribution in [0.1, 0.15) is 12.5 Å². The summed E-state index contributed by atoms with van der Waals surface area (Å²) in [6.45, 7) is 2.39. The summed E-state index contributed by atoms with van der Waals surface area (Å²) >= 11 is 0. The molecule has 2 amide bonds. The molecule has 0 aliphatic heterocycles. The van der Waals surface area contributed by atoms with E-state index in [0.717, 1.165) is 11.3 Å². The first-order chi connectivity index (χ1) is 8.11. The molecule has 0 radical (unpaired) electrons. The van der Waals surface area contributed by atoms with Crippen LogP contribution in [0.15, 0.2) is 24.3 Å². The molecule has 0 bridgehead atoms. The number of hydrogen-bond donors (Lipinski definition) is 3. The van der Waals surface area contributed by atoms with Crippen LogP contribution in [0.3, 0.4) is 0 Å². The van der Waals surface area contributed by atoms with Crippen molar-refractivity contribution in [3.63, 3.8) is 0 Å². The highest BCUT2D eigenvalue weighted by Crippen LogP contribution is 2.08. The van der Waals surface area contributed by atoms with Gasteiger partial charge in [-0.15, -0.1) is 0 Å². The molecule has 0 fully saturated rings. The highest BCUT2D eigenvalue weighted by Gasteiger charge is 1.98. The molecule has 0 aromatic heterocycles. The largest absolute Gasteiger partial charge is 0.358 e. The first-order valence-corrected chi connectivity index (χ1v) is 5.39. The fourth-order valence-electron chi connectivity index (χ4n) is 1.32. The molecule has 3 N–H and O–H groups in total. The molecule has 0 unspecified atom stereocenters. The van der Waals surface area contributed by atoms with Crippen LogP contribution in [0.25, 0.3) is 0 Å². The van der Waals surface area contributed by atoms with E-state index in [1.165, 1.54) is 6.92 Å². The maximum absolute atomic E-state index is 11.0. The van der Waals surface area contributed by atoms with E-state index < -0.39 is 0 Å². The van der Waals surface area contributed by atoms with E-state index in [-0.39, 0.29) is 11.8 Å². The van der Waals surface area contributed by atoms with Crippen LogP contribution in [0.2, 0.25) is 0 Å². The summed E-state index contributed by atoms with van der Waals surface area (Å²) in [6.07, 6.45) is 0. The van der Waals surface area contributed by atoms with Crippen LogP contribution in [-0.4, -0.2) is 25.4 Å². The highest BCUT2D eigenvalue weighted by atomic mass is 16.2. The molecule has 1 rings (SSSR count). The van der Waals surface area contributed by atoms with Gasteiger partial charge in [0.2, 0.25) is 11.8 Å². The minimum Gasteiger partial charge on any atom is -0.358 e. The quantitative estimate of drug-likeness (QED) is 0.695. The summed E-state index contributed by atoms with van der Waals surface area (Å²) in [6, 6.07) is 7.47. The van der Waals surface area contributed by atoms with E-state index in [4.69, 9.17) is 0 Å². The SMILES string of the molecule is CNC(=O)CNCc1ccc(NC(C)=O)cc1. The molecule has 0 saturated heterocycles. The van der Waals surface area contributed by atoms with Gasteiger partial charge < -0.3 is 16.0 Å². The Balaban J connectivity index is 2.40. The molecule has 92 valence electrons. The Morgan fingerprint density at radius 1 is 1.18 bits per heavy atom. The van der Waals surface area contributed by atoms with Gasteiger partial charge in [0.1, 0.15) is 0 Å². The summed E-state index contributed by atoms with van der Waals surface area (Å²) < 4.78 is 0. The molecule has 5 nitrogen and oxygen atoms in total. The Hall–Kier alpha value is -1.88. The average molecular weight is 235 g/mol. The van der Waals surface area contributed by atoms with Gasteiger partial charge in [0.25, 0.3) is 0 Å². The van der Waals surface area contributed by atoms with Crippen LogP contribution in [0, 0.1) is 0 Å². The normalized spacial score (nSPS) is 9.76. The number of benzene rings is 1. The Morgan fingerprint density at radius 3 is 2.35 bits per heavy atom. The second kappa shape index (κ2) is 6.65. The van der Waals surface area contributed by atoms with Crippen molar-refractivity contribution >= 4 is 17.5 Å². The van der Waals surface area contributed by atoms with E-state index >= 15 is 0 Å². The number of amides is 2. The van der Waals surface area contributed by atoms with Crippen LogP contribution in [0.5, 0.6) is 0 Å². The van der Waals surface area contributed by atoms with E-state index in [0.29, 0.717) is 13.1 Å². The Kier molecular flexibility index (Phi) is 5.16. The second-order valence-electron chi connectivity index (χ2n) is 3.65. The molecule has 0 aliphatic carbocycles. The third-order valence-corrected chi connectivity index (χ3v) is 2.17. The van der Waals surface area contributed by atoms with Crippen molar-refractivity contribution in [2.24, 2.45) is 0 Å². The Labute approximate surface area is 101 Å². The molecule has 17 heavy (non-hydrogen) atoms. The van der Waals surface area contributed by atoms with Gasteiger partial charge in [0, 0.05) is 26.2 Å². The number of carbonyl (C=O) groups excluding carboxylic acids is 2. The lowest BCUT2D eigenvalue weighted by Gasteiger charge is -2.06. The highest BCUT2D eigenvalue weighted by molar-refractivity contribution is 5.88. The van der Waals surface area contributed by atoms with E-state index in [2.05, 4.69) is 16.0 Å². The number of rotatable bonds is 5. The van der Waals surface area contributed by atoms with Crippen LogP contribution in [0.4, 0.5) is 5.69 Å². The van der Waals surface area contributed by atoms with Crippen LogP contribution < -0.4 is 16.0 Å². The summed E-state index contributed by atoms with van der Waals surface area (Å²) in [7, 11) is 1.60. The molecule has 1 aromatic carbocycles. The number of nitrogens with one attached hydrogen (secondary N) is 3. The molecule has 0 heterocycles. The lowest BCUT2D eigenvalue weighted by Crippen LogP contribution is -2.30. The molecule has 5 heteroatoms. The van der Waals surface area contributed by atoms with Crippen molar-refractivity contribution in [2.75, 3.05) is 18.9 Å². The van der Waals surface area contributed by atoms with Gasteiger partial charge in [-0.2, -0.15) is 0 Å². The number of hydrogen-bond acceptors (Lipinski definition) is 3. The summed E-state index contributed by atoms with van der Waals surface area (Å²) in [5.41, 5.74) is 1.83. The third kappa shape index (κ3) is 5.12.